The van der Waals surface area contributed by atoms with E-state index >= 15 is 0 Å². The molecule has 0 aliphatic heterocycles. The number of halogens is 4. The number of benzene rings is 2. The molecule has 9 heteroatoms. The summed E-state index contributed by atoms with van der Waals surface area (Å²) in [7, 11) is 3.11. The molecule has 0 saturated heterocycles. The Bertz CT molecular complexity index is 835. The number of hydrogen-bond acceptors (Lipinski definition) is 5. The summed E-state index contributed by atoms with van der Waals surface area (Å²) >= 11 is 14.0. The van der Waals surface area contributed by atoms with Crippen molar-refractivity contribution in [3.05, 3.63) is 65.4 Å². The fourth-order valence-electron chi connectivity index (χ4n) is 2.25. The quantitative estimate of drug-likeness (QED) is 0.202. The Hall–Kier alpha value is -0.970. The van der Waals surface area contributed by atoms with E-state index in [1.54, 1.807) is 26.4 Å². The summed E-state index contributed by atoms with van der Waals surface area (Å²) in [6, 6.07) is 7.24. The highest BCUT2D eigenvalue weighted by molar-refractivity contribution is 9.11. The van der Waals surface area contributed by atoms with E-state index in [1.807, 2.05) is 24.3 Å². The Morgan fingerprint density at radius 3 is 1.37 bits per heavy atom. The predicted molar refractivity (Wildman–Crippen MR) is 132 cm³/mol. The first-order valence-electron chi connectivity index (χ1n) is 8.47. The van der Waals surface area contributed by atoms with Crippen molar-refractivity contribution in [2.45, 2.75) is 0 Å². The van der Waals surface area contributed by atoms with E-state index in [0.29, 0.717) is 11.5 Å². The Morgan fingerprint density at radius 2 is 1.07 bits per heavy atom. The lowest BCUT2D eigenvalue weighted by molar-refractivity contribution is -0.110. The van der Waals surface area contributed by atoms with Gasteiger partial charge in [0.15, 0.2) is 19.4 Å². The predicted octanol–water partition coefficient (Wildman–Crippen LogP) is 7.00. The van der Waals surface area contributed by atoms with Gasteiger partial charge in [-0.05, 0) is 112 Å². The van der Waals surface area contributed by atoms with Gasteiger partial charge in [-0.25, -0.2) is 0 Å². The molecule has 0 heterocycles. The highest BCUT2D eigenvalue weighted by Crippen LogP contribution is 2.33. The van der Waals surface area contributed by atoms with Crippen LogP contribution in [0.3, 0.4) is 0 Å². The van der Waals surface area contributed by atoms with Crippen LogP contribution in [-0.2, 0) is 14.3 Å². The van der Waals surface area contributed by atoms with Gasteiger partial charge in [-0.2, -0.15) is 0 Å². The molecule has 5 nitrogen and oxygen atoms in total. The van der Waals surface area contributed by atoms with Gasteiger partial charge >= 0.3 is 0 Å². The first-order chi connectivity index (χ1) is 14.3. The molecule has 0 radical (unpaired) electrons. The average Bonchev–Trinajstić information content (AvgIpc) is 2.69. The summed E-state index contributed by atoms with van der Waals surface area (Å²) in [5.74, 6) is 1.13. The standard InChI is InChI=1S/C21H18Br4O5/c1-27-11-29-14-7-18(22)16(19(23)8-14)5-3-13(26)4-6-17-20(24)9-15(10-21(17)25)30-12-28-2/h3-10H,11-12H2,1-2H3/b5-3+,6-4+. The molecule has 2 aromatic rings. The minimum atomic E-state index is -0.160. The van der Waals surface area contributed by atoms with E-state index in [4.69, 9.17) is 18.9 Å². The third kappa shape index (κ3) is 7.62. The normalized spacial score (nSPS) is 11.4. The summed E-state index contributed by atoms with van der Waals surface area (Å²) in [6.07, 6.45) is 6.45. The van der Waals surface area contributed by atoms with E-state index in [-0.39, 0.29) is 19.4 Å². The zero-order chi connectivity index (χ0) is 22.1. The first kappa shape index (κ1) is 25.3. The van der Waals surface area contributed by atoms with Crippen LogP contribution < -0.4 is 9.47 Å². The van der Waals surface area contributed by atoms with Gasteiger partial charge in [0, 0.05) is 43.2 Å². The molecule has 0 fully saturated rings. The largest absolute Gasteiger partial charge is 0.467 e. The van der Waals surface area contributed by atoms with Crippen LogP contribution in [0.2, 0.25) is 0 Å². The molecule has 0 aromatic heterocycles. The van der Waals surface area contributed by atoms with Crippen LogP contribution >= 0.6 is 63.7 Å². The first-order valence-corrected chi connectivity index (χ1v) is 11.6. The van der Waals surface area contributed by atoms with Gasteiger partial charge in [0.2, 0.25) is 0 Å². The number of rotatable bonds is 10. The molecule has 0 unspecified atom stereocenters. The second kappa shape index (κ2) is 12.8. The second-order valence-electron chi connectivity index (χ2n) is 5.77. The molecule has 0 spiro atoms. The van der Waals surface area contributed by atoms with Gasteiger partial charge in [0.1, 0.15) is 11.5 Å². The molecule has 30 heavy (non-hydrogen) atoms. The van der Waals surface area contributed by atoms with Crippen LogP contribution in [-0.4, -0.2) is 33.6 Å². The van der Waals surface area contributed by atoms with Crippen LogP contribution in [0.5, 0.6) is 11.5 Å². The van der Waals surface area contributed by atoms with Crippen molar-refractivity contribution in [1.29, 1.82) is 0 Å². The summed E-state index contributed by atoms with van der Waals surface area (Å²) in [5, 5.41) is 0. The van der Waals surface area contributed by atoms with Crippen molar-refractivity contribution in [2.75, 3.05) is 27.8 Å². The number of hydrogen-bond donors (Lipinski definition) is 0. The summed E-state index contributed by atoms with van der Waals surface area (Å²) in [6.45, 7) is 0.309. The van der Waals surface area contributed by atoms with Crippen LogP contribution in [0.1, 0.15) is 11.1 Å². The molecule has 2 rings (SSSR count). The number of carbonyl (C=O) groups is 1. The molecule has 160 valence electrons. The number of allylic oxidation sites excluding steroid dienone is 2. The van der Waals surface area contributed by atoms with Crippen molar-refractivity contribution < 1.29 is 23.7 Å². The van der Waals surface area contributed by atoms with E-state index in [1.165, 1.54) is 12.2 Å². The van der Waals surface area contributed by atoms with Crippen molar-refractivity contribution >= 4 is 81.7 Å². The monoisotopic (exact) mass is 666 g/mol. The van der Waals surface area contributed by atoms with Crippen molar-refractivity contribution in [1.82, 2.24) is 0 Å². The third-order valence-electron chi connectivity index (χ3n) is 3.62. The maximum atomic E-state index is 12.3. The van der Waals surface area contributed by atoms with E-state index in [2.05, 4.69) is 63.7 Å². The molecule has 0 saturated carbocycles. The van der Waals surface area contributed by atoms with Gasteiger partial charge in [0.05, 0.1) is 0 Å². The second-order valence-corrected chi connectivity index (χ2v) is 9.19. The minimum absolute atomic E-state index is 0.155. The van der Waals surface area contributed by atoms with Gasteiger partial charge < -0.3 is 18.9 Å². The Balaban J connectivity index is 2.12. The molecule has 2 aromatic carbocycles. The number of methoxy groups -OCH3 is 2. The third-order valence-corrected chi connectivity index (χ3v) is 6.24. The number of ether oxygens (including phenoxy) is 4. The van der Waals surface area contributed by atoms with Crippen molar-refractivity contribution in [2.24, 2.45) is 0 Å². The zero-order valence-corrected chi connectivity index (χ0v) is 22.4. The highest BCUT2D eigenvalue weighted by atomic mass is 79.9. The maximum absolute atomic E-state index is 12.3. The van der Waals surface area contributed by atoms with Crippen molar-refractivity contribution in [3.63, 3.8) is 0 Å². The maximum Gasteiger partial charge on any atom is 0.188 e. The molecular formula is C21H18Br4O5. The highest BCUT2D eigenvalue weighted by Gasteiger charge is 2.08. The summed E-state index contributed by atoms with van der Waals surface area (Å²) in [5.41, 5.74) is 1.65. The van der Waals surface area contributed by atoms with Crippen LogP contribution in [0, 0.1) is 0 Å². The fourth-order valence-corrected chi connectivity index (χ4v) is 5.07. The molecular weight excluding hydrogens is 652 g/mol. The van der Waals surface area contributed by atoms with Crippen molar-refractivity contribution in [3.8, 4) is 11.5 Å². The van der Waals surface area contributed by atoms with E-state index < -0.39 is 0 Å². The Morgan fingerprint density at radius 1 is 0.733 bits per heavy atom. The molecule has 0 N–H and O–H groups in total. The topological polar surface area (TPSA) is 54.0 Å². The zero-order valence-electron chi connectivity index (χ0n) is 16.1. The smallest absolute Gasteiger partial charge is 0.188 e. The SMILES string of the molecule is COCOc1cc(Br)c(/C=C/C(=O)/C=C/c2c(Br)cc(OCOC)cc2Br)c(Br)c1. The lowest BCUT2D eigenvalue weighted by Crippen LogP contribution is -1.99. The summed E-state index contributed by atoms with van der Waals surface area (Å²) in [4.78, 5) is 12.3. The van der Waals surface area contributed by atoms with Gasteiger partial charge in [-0.15, -0.1) is 0 Å². The van der Waals surface area contributed by atoms with Crippen LogP contribution in [0.25, 0.3) is 12.2 Å². The van der Waals surface area contributed by atoms with Gasteiger partial charge in [0.25, 0.3) is 0 Å². The van der Waals surface area contributed by atoms with Gasteiger partial charge in [-0.3, -0.25) is 4.79 Å². The molecule has 0 aliphatic carbocycles. The molecule has 0 amide bonds. The minimum Gasteiger partial charge on any atom is -0.467 e. The number of carbonyl (C=O) groups excluding carboxylic acids is 1. The lowest BCUT2D eigenvalue weighted by Gasteiger charge is -2.09. The average molecular weight is 670 g/mol. The fraction of sp³-hybridized carbons (Fsp3) is 0.190. The van der Waals surface area contributed by atoms with E-state index in [9.17, 15) is 4.79 Å². The Labute approximate surface area is 208 Å². The molecule has 0 atom stereocenters. The van der Waals surface area contributed by atoms with Crippen LogP contribution in [0.4, 0.5) is 0 Å². The lowest BCUT2D eigenvalue weighted by atomic mass is 10.1. The van der Waals surface area contributed by atoms with Gasteiger partial charge in [-0.1, -0.05) is 0 Å². The Kier molecular flexibility index (Phi) is 10.8. The van der Waals surface area contributed by atoms with E-state index in [0.717, 1.165) is 29.0 Å². The number of ketones is 1. The summed E-state index contributed by atoms with van der Waals surface area (Å²) < 4.78 is 23.8. The molecule has 0 aliphatic rings. The molecule has 0 bridgehead atoms. The van der Waals surface area contributed by atoms with Crippen LogP contribution in [0.15, 0.2) is 54.3 Å².